The molecule has 114 valence electrons. The first-order valence-electron chi connectivity index (χ1n) is 7.04. The summed E-state index contributed by atoms with van der Waals surface area (Å²) in [5.41, 5.74) is 1.34. The Morgan fingerprint density at radius 3 is 2.35 bits per heavy atom. The fraction of sp³-hybridized carbons (Fsp3) is 0.667. The van der Waals surface area contributed by atoms with Crippen molar-refractivity contribution in [3.8, 4) is 5.75 Å². The Hall–Kier alpha value is -1.33. The Labute approximate surface area is 121 Å². The fourth-order valence-corrected chi connectivity index (χ4v) is 2.29. The maximum atomic E-state index is 11.7. The van der Waals surface area contributed by atoms with Gasteiger partial charge in [0.2, 0.25) is 5.43 Å². The lowest BCUT2D eigenvalue weighted by Gasteiger charge is -2.20. The van der Waals surface area contributed by atoms with E-state index in [1.807, 2.05) is 25.9 Å². The highest BCUT2D eigenvalue weighted by molar-refractivity contribution is 5.29. The van der Waals surface area contributed by atoms with Crippen molar-refractivity contribution < 1.29 is 5.11 Å². The van der Waals surface area contributed by atoms with E-state index in [-0.39, 0.29) is 11.2 Å². The van der Waals surface area contributed by atoms with Gasteiger partial charge in [0.25, 0.3) is 0 Å². The molecule has 0 radical (unpaired) electrons. The number of unbranched alkanes of at least 4 members (excludes halogenated alkanes) is 1. The second-order valence-electron chi connectivity index (χ2n) is 5.85. The molecular weight excluding hydrogens is 254 g/mol. The normalized spacial score (nSPS) is 11.6. The first-order chi connectivity index (χ1) is 9.32. The van der Waals surface area contributed by atoms with E-state index in [1.165, 1.54) is 6.07 Å². The fourth-order valence-electron chi connectivity index (χ4n) is 2.29. The lowest BCUT2D eigenvalue weighted by Crippen LogP contribution is -2.22. The molecule has 1 aromatic rings. The first-order valence-corrected chi connectivity index (χ1v) is 7.04. The van der Waals surface area contributed by atoms with Crippen molar-refractivity contribution in [3.63, 3.8) is 0 Å². The van der Waals surface area contributed by atoms with Crippen molar-refractivity contribution in [2.24, 2.45) is 0 Å². The smallest absolute Gasteiger partial charge is 0.223 e. The van der Waals surface area contributed by atoms with Crippen molar-refractivity contribution >= 4 is 0 Å². The van der Waals surface area contributed by atoms with E-state index in [4.69, 9.17) is 0 Å². The molecule has 0 fully saturated rings. The SMILES string of the molecule is Cc1cc(=O)c(O)c(CN(C)C)n1CCCCN(C)C. The number of nitrogens with zero attached hydrogens (tertiary/aromatic N) is 3. The molecule has 1 aromatic heterocycles. The van der Waals surface area contributed by atoms with Crippen molar-refractivity contribution in [1.82, 2.24) is 14.4 Å². The highest BCUT2D eigenvalue weighted by Gasteiger charge is 2.13. The summed E-state index contributed by atoms with van der Waals surface area (Å²) in [6, 6.07) is 1.51. The minimum Gasteiger partial charge on any atom is -0.503 e. The van der Waals surface area contributed by atoms with Crippen LogP contribution in [0, 0.1) is 6.92 Å². The minimum atomic E-state index is -0.288. The van der Waals surface area contributed by atoms with Crippen molar-refractivity contribution in [2.45, 2.75) is 32.9 Å². The quantitative estimate of drug-likeness (QED) is 0.765. The number of hydrogen-bond acceptors (Lipinski definition) is 4. The van der Waals surface area contributed by atoms with Gasteiger partial charge in [0.05, 0.1) is 5.69 Å². The van der Waals surface area contributed by atoms with Crippen LogP contribution >= 0.6 is 0 Å². The molecule has 1 heterocycles. The molecule has 0 spiro atoms. The topological polar surface area (TPSA) is 48.7 Å². The van der Waals surface area contributed by atoms with Gasteiger partial charge in [-0.1, -0.05) is 0 Å². The molecule has 20 heavy (non-hydrogen) atoms. The van der Waals surface area contributed by atoms with Gasteiger partial charge in [0, 0.05) is 24.8 Å². The van der Waals surface area contributed by atoms with Gasteiger partial charge in [0.1, 0.15) is 0 Å². The summed E-state index contributed by atoms with van der Waals surface area (Å²) in [6.07, 6.45) is 2.13. The van der Waals surface area contributed by atoms with E-state index in [1.54, 1.807) is 0 Å². The molecule has 1 N–H and O–H groups in total. The van der Waals surface area contributed by atoms with E-state index >= 15 is 0 Å². The van der Waals surface area contributed by atoms with Crippen LogP contribution in [0.1, 0.15) is 24.2 Å². The molecule has 1 rings (SSSR count). The van der Waals surface area contributed by atoms with E-state index in [2.05, 4.69) is 23.6 Å². The zero-order valence-corrected chi connectivity index (χ0v) is 13.3. The van der Waals surface area contributed by atoms with Gasteiger partial charge in [0.15, 0.2) is 5.75 Å². The van der Waals surface area contributed by atoms with Crippen LogP contribution in [0.4, 0.5) is 0 Å². The molecule has 5 nitrogen and oxygen atoms in total. The zero-order valence-electron chi connectivity index (χ0n) is 13.3. The van der Waals surface area contributed by atoms with Crippen molar-refractivity contribution in [1.29, 1.82) is 0 Å². The summed E-state index contributed by atoms with van der Waals surface area (Å²) in [4.78, 5) is 15.9. The Morgan fingerprint density at radius 1 is 1.15 bits per heavy atom. The van der Waals surface area contributed by atoms with E-state index < -0.39 is 0 Å². The highest BCUT2D eigenvalue weighted by Crippen LogP contribution is 2.16. The van der Waals surface area contributed by atoms with Gasteiger partial charge in [-0.3, -0.25) is 4.79 Å². The summed E-state index contributed by atoms with van der Waals surface area (Å²) in [5, 5.41) is 10.0. The predicted molar refractivity (Wildman–Crippen MR) is 82.3 cm³/mol. The van der Waals surface area contributed by atoms with E-state index in [0.29, 0.717) is 12.2 Å². The Kier molecular flexibility index (Phi) is 6.23. The third kappa shape index (κ3) is 4.65. The van der Waals surface area contributed by atoms with Gasteiger partial charge in [-0.25, -0.2) is 0 Å². The van der Waals surface area contributed by atoms with E-state index in [9.17, 15) is 9.90 Å². The van der Waals surface area contributed by atoms with Crippen molar-refractivity contribution in [2.75, 3.05) is 34.7 Å². The molecule has 0 saturated heterocycles. The minimum absolute atomic E-state index is 0.114. The molecule has 0 saturated carbocycles. The van der Waals surface area contributed by atoms with Crippen molar-refractivity contribution in [3.05, 3.63) is 27.7 Å². The number of aromatic nitrogens is 1. The van der Waals surface area contributed by atoms with Crippen LogP contribution in [0.25, 0.3) is 0 Å². The zero-order chi connectivity index (χ0) is 15.3. The van der Waals surface area contributed by atoms with Crippen LogP contribution in [0.15, 0.2) is 10.9 Å². The number of hydrogen-bond donors (Lipinski definition) is 1. The molecule has 0 atom stereocenters. The van der Waals surface area contributed by atoms with Crippen LogP contribution in [0.3, 0.4) is 0 Å². The van der Waals surface area contributed by atoms with Gasteiger partial charge in [-0.15, -0.1) is 0 Å². The second kappa shape index (κ2) is 7.45. The lowest BCUT2D eigenvalue weighted by atomic mass is 10.2. The van der Waals surface area contributed by atoms with Crippen LogP contribution in [-0.4, -0.2) is 54.2 Å². The molecule has 0 aliphatic heterocycles. The summed E-state index contributed by atoms with van der Waals surface area (Å²) in [6.45, 7) is 4.37. The van der Waals surface area contributed by atoms with Gasteiger partial charge in [-0.05, 0) is 54.5 Å². The maximum absolute atomic E-state index is 11.7. The molecular formula is C15H27N3O2. The Balaban J connectivity index is 2.92. The number of aryl methyl sites for hydroxylation is 1. The van der Waals surface area contributed by atoms with E-state index in [0.717, 1.165) is 31.6 Å². The van der Waals surface area contributed by atoms with Crippen LogP contribution in [0.2, 0.25) is 0 Å². The average molecular weight is 281 g/mol. The molecule has 0 unspecified atom stereocenters. The van der Waals surface area contributed by atoms with Crippen LogP contribution in [-0.2, 0) is 13.1 Å². The average Bonchev–Trinajstić information content (AvgIpc) is 2.33. The Bertz CT molecular complexity index is 493. The number of pyridine rings is 1. The molecule has 0 aliphatic carbocycles. The molecule has 0 bridgehead atoms. The first kappa shape index (κ1) is 16.7. The third-order valence-electron chi connectivity index (χ3n) is 3.30. The second-order valence-corrected chi connectivity index (χ2v) is 5.85. The summed E-state index contributed by atoms with van der Waals surface area (Å²) in [7, 11) is 7.99. The number of aromatic hydroxyl groups is 1. The molecule has 0 aromatic carbocycles. The summed E-state index contributed by atoms with van der Waals surface area (Å²) < 4.78 is 2.06. The molecule has 0 aliphatic rings. The Morgan fingerprint density at radius 2 is 1.80 bits per heavy atom. The summed E-state index contributed by atoms with van der Waals surface area (Å²) >= 11 is 0. The van der Waals surface area contributed by atoms with Crippen LogP contribution in [0.5, 0.6) is 5.75 Å². The monoisotopic (exact) mass is 281 g/mol. The van der Waals surface area contributed by atoms with Gasteiger partial charge in [-0.2, -0.15) is 0 Å². The molecule has 5 heteroatoms. The standard InChI is InChI=1S/C15H27N3O2/c1-12-10-14(19)15(20)13(11-17(4)5)18(12)9-7-6-8-16(2)3/h10,20H,6-9,11H2,1-5H3. The summed E-state index contributed by atoms with van der Waals surface area (Å²) in [5.74, 6) is -0.114. The molecule has 0 amide bonds. The third-order valence-corrected chi connectivity index (χ3v) is 3.30. The highest BCUT2D eigenvalue weighted by atomic mass is 16.3. The lowest BCUT2D eigenvalue weighted by molar-refractivity contribution is 0.354. The predicted octanol–water partition coefficient (Wildman–Crippen LogP) is 1.27. The largest absolute Gasteiger partial charge is 0.503 e. The van der Waals surface area contributed by atoms with Crippen LogP contribution < -0.4 is 5.43 Å². The van der Waals surface area contributed by atoms with Gasteiger partial charge >= 0.3 is 0 Å². The van der Waals surface area contributed by atoms with Gasteiger partial charge < -0.3 is 19.5 Å². The maximum Gasteiger partial charge on any atom is 0.223 e. The number of rotatable bonds is 7.